The molecule has 14 heteroatoms. The van der Waals surface area contributed by atoms with Gasteiger partial charge < -0.3 is 65.1 Å². The summed E-state index contributed by atoms with van der Waals surface area (Å²) in [6.45, 7) is 2.83. The molecule has 494 valence electrons. The predicted molar refractivity (Wildman–Crippen MR) is 341 cm³/mol. The number of rotatable bonds is 58. The first-order chi connectivity index (χ1) is 41.1. The average Bonchev–Trinajstić information content (AvgIpc) is 3.64. The highest BCUT2D eigenvalue weighted by atomic mass is 16.7. The molecular weight excluding hydrogens is 1060 g/mol. The van der Waals surface area contributed by atoms with Crippen LogP contribution in [-0.4, -0.2) is 140 Å². The molecule has 1 amide bonds. The van der Waals surface area contributed by atoms with E-state index >= 15 is 0 Å². The van der Waals surface area contributed by atoms with Crippen LogP contribution in [-0.2, 0) is 23.7 Å². The van der Waals surface area contributed by atoms with Crippen molar-refractivity contribution in [3.63, 3.8) is 0 Å². The molecule has 0 aliphatic carbocycles. The van der Waals surface area contributed by atoms with Crippen molar-refractivity contribution in [3.8, 4) is 0 Å². The summed E-state index contributed by atoms with van der Waals surface area (Å²) >= 11 is 0. The smallest absolute Gasteiger partial charge is 0.220 e. The maximum absolute atomic E-state index is 13.3. The summed E-state index contributed by atoms with van der Waals surface area (Å²) in [4.78, 5) is 13.3. The molecule has 9 N–H and O–H groups in total. The highest BCUT2D eigenvalue weighted by Gasteiger charge is 2.51. The van der Waals surface area contributed by atoms with Crippen LogP contribution in [0.1, 0.15) is 309 Å². The predicted octanol–water partition coefficient (Wildman–Crippen LogP) is 14.1. The molecule has 0 spiro atoms. The molecule has 14 nitrogen and oxygen atoms in total. The first kappa shape index (κ1) is 78.3. The number of unbranched alkanes of at least 4 members (excludes halogenated alkanes) is 41. The standard InChI is InChI=1S/C70H131NO13/c1-3-5-7-9-11-13-15-17-19-21-23-25-27-28-29-30-32-33-35-37-39-41-43-45-47-49-51-53-59(74)58(57-81-69-67(80)65(78)68(61(56-73)83-69)84-70-66(79)64(77)63(76)60(55-72)82-70)71-62(75)54-52-50-48-46-44-42-40-38-36-34-31-26-24-22-20-18-16-14-12-10-8-6-4-2/h35,37,43,45,51,53,58-61,63-70,72-74,76-80H,3-34,36,38-42,44,46-50,52,54-57H2,1-2H3,(H,71,75)/b37-35+,45-43+,53-51+. The van der Waals surface area contributed by atoms with E-state index in [0.717, 1.165) is 44.9 Å². The fourth-order valence-corrected chi connectivity index (χ4v) is 11.7. The Hall–Kier alpha value is -1.79. The van der Waals surface area contributed by atoms with Crippen LogP contribution in [0.25, 0.3) is 0 Å². The maximum Gasteiger partial charge on any atom is 0.220 e. The van der Waals surface area contributed by atoms with Crippen LogP contribution in [0.2, 0.25) is 0 Å². The molecule has 0 bridgehead atoms. The zero-order chi connectivity index (χ0) is 60.9. The fraction of sp³-hybridized carbons (Fsp3) is 0.900. The molecule has 0 aromatic rings. The Morgan fingerprint density at radius 2 is 0.762 bits per heavy atom. The van der Waals surface area contributed by atoms with Gasteiger partial charge in [0, 0.05) is 6.42 Å². The van der Waals surface area contributed by atoms with Gasteiger partial charge in [-0.2, -0.15) is 0 Å². The first-order valence-electron chi connectivity index (χ1n) is 35.2. The Morgan fingerprint density at radius 1 is 0.417 bits per heavy atom. The molecule has 2 aliphatic rings. The Labute approximate surface area is 512 Å². The van der Waals surface area contributed by atoms with Gasteiger partial charge in [0.25, 0.3) is 0 Å². The second-order valence-electron chi connectivity index (χ2n) is 25.0. The Kier molecular flexibility index (Phi) is 51.5. The molecule has 2 fully saturated rings. The largest absolute Gasteiger partial charge is 0.394 e. The van der Waals surface area contributed by atoms with E-state index in [-0.39, 0.29) is 18.9 Å². The van der Waals surface area contributed by atoms with E-state index in [9.17, 15) is 45.6 Å². The Bertz CT molecular complexity index is 1550. The number of nitrogens with one attached hydrogen (secondary N) is 1. The molecule has 2 rings (SSSR count). The number of ether oxygens (including phenoxy) is 4. The van der Waals surface area contributed by atoms with E-state index in [1.165, 1.54) is 231 Å². The van der Waals surface area contributed by atoms with Gasteiger partial charge in [-0.15, -0.1) is 0 Å². The molecule has 12 unspecified atom stereocenters. The van der Waals surface area contributed by atoms with Gasteiger partial charge in [0.05, 0.1) is 32.0 Å². The van der Waals surface area contributed by atoms with Crippen molar-refractivity contribution in [3.05, 3.63) is 36.5 Å². The molecule has 0 aromatic carbocycles. The lowest BCUT2D eigenvalue weighted by Crippen LogP contribution is -2.65. The Morgan fingerprint density at radius 3 is 1.17 bits per heavy atom. The van der Waals surface area contributed by atoms with Crippen molar-refractivity contribution >= 4 is 5.91 Å². The number of hydrogen-bond donors (Lipinski definition) is 9. The van der Waals surface area contributed by atoms with Crippen molar-refractivity contribution in [2.24, 2.45) is 0 Å². The first-order valence-corrected chi connectivity index (χ1v) is 35.2. The van der Waals surface area contributed by atoms with Crippen LogP contribution in [0.3, 0.4) is 0 Å². The van der Waals surface area contributed by atoms with Gasteiger partial charge in [0.1, 0.15) is 48.8 Å². The highest BCUT2D eigenvalue weighted by molar-refractivity contribution is 5.76. The van der Waals surface area contributed by atoms with E-state index in [1.807, 2.05) is 6.08 Å². The third-order valence-corrected chi connectivity index (χ3v) is 17.3. The molecule has 2 saturated heterocycles. The van der Waals surface area contributed by atoms with Gasteiger partial charge in [-0.25, -0.2) is 0 Å². The molecule has 2 aliphatic heterocycles. The SMILES string of the molecule is CCCCCCCCCCCCCCCCCCC/C=C/CC/C=C/CC/C=C/C(O)C(COC1OC(CO)C(OC2OC(CO)C(O)C(O)C2O)C(O)C1O)NC(=O)CCCCCCCCCCCCCCCCCCCCCCCCC. The van der Waals surface area contributed by atoms with E-state index in [0.29, 0.717) is 12.8 Å². The second kappa shape index (κ2) is 55.3. The summed E-state index contributed by atoms with van der Waals surface area (Å²) in [7, 11) is 0. The number of amides is 1. The lowest BCUT2D eigenvalue weighted by atomic mass is 9.97. The number of hydrogen-bond acceptors (Lipinski definition) is 13. The van der Waals surface area contributed by atoms with Gasteiger partial charge in [0.2, 0.25) is 5.91 Å². The maximum atomic E-state index is 13.3. The van der Waals surface area contributed by atoms with E-state index in [2.05, 4.69) is 43.5 Å². The van der Waals surface area contributed by atoms with Gasteiger partial charge >= 0.3 is 0 Å². The van der Waals surface area contributed by atoms with Crippen molar-refractivity contribution in [1.29, 1.82) is 0 Å². The number of allylic oxidation sites excluding steroid dienone is 5. The van der Waals surface area contributed by atoms with Crippen LogP contribution >= 0.6 is 0 Å². The third kappa shape index (κ3) is 39.3. The zero-order valence-electron chi connectivity index (χ0n) is 53.7. The molecule has 2 heterocycles. The Balaban J connectivity index is 1.71. The number of aliphatic hydroxyl groups excluding tert-OH is 8. The average molecular weight is 1190 g/mol. The van der Waals surface area contributed by atoms with E-state index < -0.39 is 86.8 Å². The topological polar surface area (TPSA) is 228 Å². The van der Waals surface area contributed by atoms with Gasteiger partial charge in [-0.3, -0.25) is 4.79 Å². The fourth-order valence-electron chi connectivity index (χ4n) is 11.7. The summed E-state index contributed by atoms with van der Waals surface area (Å²) in [5.41, 5.74) is 0. The van der Waals surface area contributed by atoms with Crippen LogP contribution < -0.4 is 5.32 Å². The minimum atomic E-state index is -1.79. The minimum Gasteiger partial charge on any atom is -0.394 e. The lowest BCUT2D eigenvalue weighted by molar-refractivity contribution is -0.359. The van der Waals surface area contributed by atoms with Crippen LogP contribution in [0.5, 0.6) is 0 Å². The van der Waals surface area contributed by atoms with E-state index in [1.54, 1.807) is 6.08 Å². The van der Waals surface area contributed by atoms with Crippen molar-refractivity contribution < 1.29 is 64.6 Å². The summed E-state index contributed by atoms with van der Waals surface area (Å²) < 4.78 is 22.8. The molecule has 12 atom stereocenters. The number of aliphatic hydroxyl groups is 8. The number of carbonyl (C=O) groups is 1. The number of carbonyl (C=O) groups excluding carboxylic acids is 1. The zero-order valence-corrected chi connectivity index (χ0v) is 53.7. The van der Waals surface area contributed by atoms with Crippen molar-refractivity contribution in [2.75, 3.05) is 19.8 Å². The summed E-state index contributed by atoms with van der Waals surface area (Å²) in [6, 6.07) is -0.937. The van der Waals surface area contributed by atoms with Crippen molar-refractivity contribution in [1.82, 2.24) is 5.32 Å². The van der Waals surface area contributed by atoms with Crippen LogP contribution in [0.15, 0.2) is 36.5 Å². The molecule has 0 radical (unpaired) electrons. The summed E-state index contributed by atoms with van der Waals surface area (Å²) in [5.74, 6) is -0.247. The minimum absolute atomic E-state index is 0.247. The summed E-state index contributed by atoms with van der Waals surface area (Å²) in [6.07, 6.45) is 53.5. The van der Waals surface area contributed by atoms with Crippen molar-refractivity contribution in [2.45, 2.75) is 383 Å². The molecular formula is C70H131NO13. The second-order valence-corrected chi connectivity index (χ2v) is 25.0. The normalized spacial score (nSPS) is 23.8. The van der Waals surface area contributed by atoms with Crippen LogP contribution in [0.4, 0.5) is 0 Å². The lowest BCUT2D eigenvalue weighted by Gasteiger charge is -2.46. The third-order valence-electron chi connectivity index (χ3n) is 17.3. The van der Waals surface area contributed by atoms with E-state index in [4.69, 9.17) is 18.9 Å². The van der Waals surface area contributed by atoms with Crippen LogP contribution in [0, 0.1) is 0 Å². The van der Waals surface area contributed by atoms with Gasteiger partial charge in [0.15, 0.2) is 12.6 Å². The van der Waals surface area contributed by atoms with Gasteiger partial charge in [-0.1, -0.05) is 294 Å². The highest BCUT2D eigenvalue weighted by Crippen LogP contribution is 2.30. The molecule has 84 heavy (non-hydrogen) atoms. The molecule has 0 aromatic heterocycles. The summed E-state index contributed by atoms with van der Waals surface area (Å²) in [5, 5.41) is 87.4. The van der Waals surface area contributed by atoms with Gasteiger partial charge in [-0.05, 0) is 44.9 Å². The quantitative estimate of drug-likeness (QED) is 0.0204. The molecule has 0 saturated carbocycles. The monoisotopic (exact) mass is 1190 g/mol.